The number of rotatable bonds is 5. The summed E-state index contributed by atoms with van der Waals surface area (Å²) in [6.07, 6.45) is 3.61. The van der Waals surface area contributed by atoms with Gasteiger partial charge in [-0.05, 0) is 36.4 Å². The standard InChI is InChI=1S/C21H22N6O3/c1-26-16-7-6-13(28)12-15(16)25-18(26)8-9-24-21(29)14-4-2-10-27(19(14)22)20(23)17-5-3-11-30-17/h2-7,10-12,18,22-23,25,28H,8-9H2,1H3,(H,24,29). The summed E-state index contributed by atoms with van der Waals surface area (Å²) in [5.74, 6) is 0.117. The number of hydrogen-bond acceptors (Lipinski definition) is 7. The zero-order valence-corrected chi connectivity index (χ0v) is 16.3. The molecule has 1 atom stereocenters. The molecule has 3 heterocycles. The predicted molar refractivity (Wildman–Crippen MR) is 112 cm³/mol. The summed E-state index contributed by atoms with van der Waals surface area (Å²) in [6.45, 7) is 0.394. The van der Waals surface area contributed by atoms with Crippen molar-refractivity contribution < 1.29 is 14.3 Å². The number of anilines is 2. The van der Waals surface area contributed by atoms with Crippen molar-refractivity contribution in [1.82, 2.24) is 9.88 Å². The first-order valence-corrected chi connectivity index (χ1v) is 9.45. The number of aromatic nitrogens is 1. The first-order chi connectivity index (χ1) is 14.5. The van der Waals surface area contributed by atoms with E-state index in [1.807, 2.05) is 13.1 Å². The van der Waals surface area contributed by atoms with E-state index < -0.39 is 0 Å². The van der Waals surface area contributed by atoms with Crippen LogP contribution in [0, 0.1) is 10.8 Å². The number of aromatic hydroxyl groups is 1. The van der Waals surface area contributed by atoms with E-state index >= 15 is 0 Å². The van der Waals surface area contributed by atoms with Gasteiger partial charge in [-0.25, -0.2) is 0 Å². The van der Waals surface area contributed by atoms with Gasteiger partial charge in [0.15, 0.2) is 11.6 Å². The van der Waals surface area contributed by atoms with E-state index in [-0.39, 0.29) is 34.7 Å². The van der Waals surface area contributed by atoms with E-state index in [0.717, 1.165) is 11.4 Å². The van der Waals surface area contributed by atoms with Crippen molar-refractivity contribution in [2.24, 2.45) is 0 Å². The predicted octanol–water partition coefficient (Wildman–Crippen LogP) is 2.15. The minimum atomic E-state index is -0.377. The van der Waals surface area contributed by atoms with Crippen LogP contribution in [0.4, 0.5) is 11.4 Å². The molecule has 5 N–H and O–H groups in total. The maximum absolute atomic E-state index is 12.6. The highest BCUT2D eigenvalue weighted by Crippen LogP contribution is 2.36. The van der Waals surface area contributed by atoms with Crippen LogP contribution in [0.15, 0.2) is 59.3 Å². The van der Waals surface area contributed by atoms with Gasteiger partial charge in [0.05, 0.1) is 23.2 Å². The number of fused-ring (bicyclic) bond motifs is 1. The number of benzene rings is 1. The summed E-state index contributed by atoms with van der Waals surface area (Å²) in [5.41, 5.74) is 1.92. The molecule has 1 aliphatic rings. The largest absolute Gasteiger partial charge is 0.508 e. The normalized spacial score (nSPS) is 14.8. The third kappa shape index (κ3) is 3.52. The molecule has 1 aromatic carbocycles. The van der Waals surface area contributed by atoms with Crippen LogP contribution in [0.25, 0.3) is 0 Å². The smallest absolute Gasteiger partial charge is 0.255 e. The summed E-state index contributed by atoms with van der Waals surface area (Å²) in [7, 11) is 1.95. The van der Waals surface area contributed by atoms with Crippen molar-refractivity contribution in [2.45, 2.75) is 12.6 Å². The molecule has 0 aliphatic carbocycles. The van der Waals surface area contributed by atoms with Gasteiger partial charge in [0.25, 0.3) is 5.91 Å². The second kappa shape index (κ2) is 7.78. The van der Waals surface area contributed by atoms with E-state index in [9.17, 15) is 9.90 Å². The van der Waals surface area contributed by atoms with Gasteiger partial charge in [0, 0.05) is 32.3 Å². The van der Waals surface area contributed by atoms with Crippen molar-refractivity contribution in [3.05, 3.63) is 71.7 Å². The molecule has 2 aromatic heterocycles. The maximum atomic E-state index is 12.6. The molecule has 0 spiro atoms. The lowest BCUT2D eigenvalue weighted by atomic mass is 10.2. The van der Waals surface area contributed by atoms with Gasteiger partial charge in [-0.2, -0.15) is 0 Å². The third-order valence-corrected chi connectivity index (χ3v) is 5.09. The third-order valence-electron chi connectivity index (χ3n) is 5.09. The lowest BCUT2D eigenvalue weighted by Gasteiger charge is -2.22. The Kier molecular flexibility index (Phi) is 5.01. The van der Waals surface area contributed by atoms with E-state index in [2.05, 4.69) is 15.5 Å². The van der Waals surface area contributed by atoms with E-state index in [4.69, 9.17) is 15.2 Å². The summed E-state index contributed by atoms with van der Waals surface area (Å²) in [4.78, 5) is 14.7. The molecule has 0 radical (unpaired) electrons. The van der Waals surface area contributed by atoms with Crippen LogP contribution in [-0.2, 0) is 0 Å². The zero-order valence-electron chi connectivity index (χ0n) is 16.3. The lowest BCUT2D eigenvalue weighted by molar-refractivity contribution is 0.0950. The van der Waals surface area contributed by atoms with Crippen molar-refractivity contribution >= 4 is 23.1 Å². The van der Waals surface area contributed by atoms with Crippen molar-refractivity contribution in [1.29, 1.82) is 10.8 Å². The number of amides is 1. The number of carbonyl (C=O) groups excluding carboxylic acids is 1. The van der Waals surface area contributed by atoms with Crippen molar-refractivity contribution in [3.63, 3.8) is 0 Å². The van der Waals surface area contributed by atoms with Crippen LogP contribution in [0.1, 0.15) is 22.5 Å². The average molecular weight is 406 g/mol. The van der Waals surface area contributed by atoms with Crippen molar-refractivity contribution in [2.75, 3.05) is 23.8 Å². The molecule has 0 bridgehead atoms. The Bertz CT molecular complexity index is 1150. The SMILES string of the molecule is CN1c2ccc(O)cc2NC1CCNC(=O)c1cccn(C(=N)c2ccco2)c1=N. The van der Waals surface area contributed by atoms with Gasteiger partial charge < -0.3 is 25.1 Å². The van der Waals surface area contributed by atoms with E-state index in [1.54, 1.807) is 42.6 Å². The molecule has 30 heavy (non-hydrogen) atoms. The number of pyridine rings is 1. The molecular weight excluding hydrogens is 384 g/mol. The lowest BCUT2D eigenvalue weighted by Crippen LogP contribution is -2.39. The molecule has 3 aromatic rings. The van der Waals surface area contributed by atoms with Gasteiger partial charge in [-0.3, -0.25) is 20.2 Å². The molecule has 9 nitrogen and oxygen atoms in total. The van der Waals surface area contributed by atoms with E-state index in [1.165, 1.54) is 10.8 Å². The minimum absolute atomic E-state index is 0.0163. The first-order valence-electron chi connectivity index (χ1n) is 9.45. The first kappa shape index (κ1) is 19.3. The van der Waals surface area contributed by atoms with Crippen LogP contribution in [0.2, 0.25) is 0 Å². The second-order valence-electron chi connectivity index (χ2n) is 6.98. The molecule has 1 amide bonds. The summed E-state index contributed by atoms with van der Waals surface area (Å²) in [6, 6.07) is 11.6. The Morgan fingerprint density at radius 1 is 1.30 bits per heavy atom. The number of nitrogens with zero attached hydrogens (tertiary/aromatic N) is 2. The number of furan rings is 1. The monoisotopic (exact) mass is 406 g/mol. The molecule has 1 unspecified atom stereocenters. The number of phenols is 1. The highest BCUT2D eigenvalue weighted by molar-refractivity contribution is 5.98. The molecule has 0 fully saturated rings. The molecule has 1 aliphatic heterocycles. The quantitative estimate of drug-likeness (QED) is 0.327. The maximum Gasteiger partial charge on any atom is 0.255 e. The van der Waals surface area contributed by atoms with E-state index in [0.29, 0.717) is 18.7 Å². The highest BCUT2D eigenvalue weighted by atomic mass is 16.3. The number of phenolic OH excluding ortho intramolecular Hbond substituents is 1. The Labute approximate surface area is 172 Å². The molecule has 154 valence electrons. The molecule has 4 rings (SSSR count). The highest BCUT2D eigenvalue weighted by Gasteiger charge is 2.25. The molecule has 0 saturated carbocycles. The molecule has 9 heteroatoms. The van der Waals surface area contributed by atoms with Crippen LogP contribution >= 0.6 is 0 Å². The summed E-state index contributed by atoms with van der Waals surface area (Å²) >= 11 is 0. The fraction of sp³-hybridized carbons (Fsp3) is 0.190. The average Bonchev–Trinajstić information content (AvgIpc) is 3.36. The fourth-order valence-corrected chi connectivity index (χ4v) is 3.49. The fourth-order valence-electron chi connectivity index (χ4n) is 3.49. The Morgan fingerprint density at radius 2 is 2.13 bits per heavy atom. The summed E-state index contributed by atoms with van der Waals surface area (Å²) < 4.78 is 6.51. The topological polar surface area (TPSA) is 130 Å². The van der Waals surface area contributed by atoms with Gasteiger partial charge in [0.1, 0.15) is 17.4 Å². The zero-order chi connectivity index (χ0) is 21.3. The van der Waals surface area contributed by atoms with Gasteiger partial charge in [-0.1, -0.05) is 0 Å². The molecule has 0 saturated heterocycles. The Balaban J connectivity index is 1.40. The van der Waals surface area contributed by atoms with Crippen LogP contribution in [0.3, 0.4) is 0 Å². The second-order valence-corrected chi connectivity index (χ2v) is 6.98. The molecular formula is C21H22N6O3. The van der Waals surface area contributed by atoms with Crippen molar-refractivity contribution in [3.8, 4) is 5.75 Å². The summed E-state index contributed by atoms with van der Waals surface area (Å²) in [5, 5.41) is 32.3. The Hall–Kier alpha value is -4.01. The van der Waals surface area contributed by atoms with Crippen LogP contribution in [0.5, 0.6) is 5.75 Å². The number of carbonyl (C=O) groups is 1. The number of hydrogen-bond donors (Lipinski definition) is 5. The van der Waals surface area contributed by atoms with Crippen LogP contribution < -0.4 is 21.0 Å². The van der Waals surface area contributed by atoms with Gasteiger partial charge >= 0.3 is 0 Å². The van der Waals surface area contributed by atoms with Gasteiger partial charge in [0.2, 0.25) is 0 Å². The van der Waals surface area contributed by atoms with Crippen LogP contribution in [-0.4, -0.2) is 41.2 Å². The number of nitrogens with one attached hydrogen (secondary N) is 4. The van der Waals surface area contributed by atoms with Gasteiger partial charge in [-0.15, -0.1) is 0 Å². The minimum Gasteiger partial charge on any atom is -0.508 e. The Morgan fingerprint density at radius 3 is 2.90 bits per heavy atom.